The molecule has 1 aliphatic heterocycles. The van der Waals surface area contributed by atoms with Gasteiger partial charge in [0, 0.05) is 25.9 Å². The summed E-state index contributed by atoms with van der Waals surface area (Å²) in [6, 6.07) is 10.1. The topological polar surface area (TPSA) is 65.3 Å². The lowest BCUT2D eigenvalue weighted by atomic mass is 10.2. The molecule has 0 aliphatic carbocycles. The van der Waals surface area contributed by atoms with Gasteiger partial charge < -0.3 is 14.4 Å². The van der Waals surface area contributed by atoms with E-state index >= 15 is 0 Å². The second-order valence-electron chi connectivity index (χ2n) is 5.71. The molecule has 0 N–H and O–H groups in total. The summed E-state index contributed by atoms with van der Waals surface area (Å²) < 4.78 is 12.9. The van der Waals surface area contributed by atoms with E-state index in [-0.39, 0.29) is 6.10 Å². The predicted molar refractivity (Wildman–Crippen MR) is 90.5 cm³/mol. The van der Waals surface area contributed by atoms with E-state index in [2.05, 4.69) is 19.9 Å². The summed E-state index contributed by atoms with van der Waals surface area (Å²) >= 11 is 0. The highest BCUT2D eigenvalue weighted by molar-refractivity contribution is 5.84. The van der Waals surface area contributed by atoms with Crippen LogP contribution >= 0.6 is 0 Å². The smallest absolute Gasteiger partial charge is 0.170 e. The van der Waals surface area contributed by atoms with Crippen molar-refractivity contribution in [2.45, 2.75) is 6.10 Å². The number of anilines is 1. The Morgan fingerprint density at radius 1 is 1.21 bits per heavy atom. The number of rotatable bonds is 4. The van der Waals surface area contributed by atoms with Crippen molar-refractivity contribution in [2.75, 3.05) is 38.3 Å². The number of fused-ring (bicyclic) bond motifs is 1. The SMILES string of the molecule is COC[C@@H]1CN(c2ncnc3c2ncn3-c2ccccc2)CCO1. The molecule has 0 amide bonds. The van der Waals surface area contributed by atoms with Gasteiger partial charge in [-0.15, -0.1) is 0 Å². The number of nitrogens with zero attached hydrogens (tertiary/aromatic N) is 5. The normalized spacial score (nSPS) is 18.2. The first-order chi connectivity index (χ1) is 11.9. The van der Waals surface area contributed by atoms with E-state index in [9.17, 15) is 0 Å². The minimum atomic E-state index is 0.0463. The minimum absolute atomic E-state index is 0.0463. The summed E-state index contributed by atoms with van der Waals surface area (Å²) in [6.07, 6.45) is 3.44. The van der Waals surface area contributed by atoms with Gasteiger partial charge in [0.05, 0.1) is 19.3 Å². The van der Waals surface area contributed by atoms with Crippen molar-refractivity contribution in [2.24, 2.45) is 0 Å². The van der Waals surface area contributed by atoms with Crippen LogP contribution in [0.5, 0.6) is 0 Å². The lowest BCUT2D eigenvalue weighted by molar-refractivity contribution is -0.0101. The van der Waals surface area contributed by atoms with Crippen LogP contribution in [0.4, 0.5) is 5.82 Å². The van der Waals surface area contributed by atoms with Gasteiger partial charge in [-0.2, -0.15) is 0 Å². The number of methoxy groups -OCH3 is 1. The van der Waals surface area contributed by atoms with Gasteiger partial charge in [0.25, 0.3) is 0 Å². The van der Waals surface area contributed by atoms with Gasteiger partial charge in [0.2, 0.25) is 0 Å². The highest BCUT2D eigenvalue weighted by Gasteiger charge is 2.24. The maximum atomic E-state index is 5.72. The summed E-state index contributed by atoms with van der Waals surface area (Å²) in [5.74, 6) is 0.846. The van der Waals surface area contributed by atoms with Crippen LogP contribution in [0.15, 0.2) is 43.0 Å². The molecule has 1 atom stereocenters. The number of para-hydroxylation sites is 1. The molecule has 0 saturated carbocycles. The highest BCUT2D eigenvalue weighted by atomic mass is 16.5. The zero-order valence-electron chi connectivity index (χ0n) is 13.5. The third-order valence-corrected chi connectivity index (χ3v) is 4.14. The molecule has 0 spiro atoms. The van der Waals surface area contributed by atoms with Gasteiger partial charge in [-0.3, -0.25) is 4.57 Å². The molecule has 4 rings (SSSR count). The van der Waals surface area contributed by atoms with Crippen molar-refractivity contribution in [1.82, 2.24) is 19.5 Å². The van der Waals surface area contributed by atoms with Crippen molar-refractivity contribution in [1.29, 1.82) is 0 Å². The van der Waals surface area contributed by atoms with Crippen molar-refractivity contribution >= 4 is 17.0 Å². The maximum absolute atomic E-state index is 5.72. The van der Waals surface area contributed by atoms with E-state index < -0.39 is 0 Å². The molecule has 3 heterocycles. The first-order valence-electron chi connectivity index (χ1n) is 7.96. The minimum Gasteiger partial charge on any atom is -0.382 e. The van der Waals surface area contributed by atoms with Crippen LogP contribution in [-0.2, 0) is 9.47 Å². The van der Waals surface area contributed by atoms with Crippen LogP contribution in [0.25, 0.3) is 16.9 Å². The van der Waals surface area contributed by atoms with E-state index in [1.807, 2.05) is 34.9 Å². The van der Waals surface area contributed by atoms with Crippen molar-refractivity contribution < 1.29 is 9.47 Å². The first kappa shape index (κ1) is 15.0. The summed E-state index contributed by atoms with van der Waals surface area (Å²) in [5.41, 5.74) is 2.64. The number of benzene rings is 1. The summed E-state index contributed by atoms with van der Waals surface area (Å²) in [4.78, 5) is 15.7. The Morgan fingerprint density at radius 3 is 2.92 bits per heavy atom. The van der Waals surface area contributed by atoms with Gasteiger partial charge in [-0.25, -0.2) is 15.0 Å². The highest BCUT2D eigenvalue weighted by Crippen LogP contribution is 2.25. The second-order valence-corrected chi connectivity index (χ2v) is 5.71. The lowest BCUT2D eigenvalue weighted by Gasteiger charge is -2.33. The van der Waals surface area contributed by atoms with E-state index in [1.54, 1.807) is 19.8 Å². The number of ether oxygens (including phenoxy) is 2. The number of hydrogen-bond donors (Lipinski definition) is 0. The first-order valence-corrected chi connectivity index (χ1v) is 7.96. The fraction of sp³-hybridized carbons (Fsp3) is 0.353. The average Bonchev–Trinajstić information content (AvgIpc) is 3.07. The third-order valence-electron chi connectivity index (χ3n) is 4.14. The lowest BCUT2D eigenvalue weighted by Crippen LogP contribution is -2.44. The van der Waals surface area contributed by atoms with Crippen LogP contribution in [0.3, 0.4) is 0 Å². The average molecular weight is 325 g/mol. The van der Waals surface area contributed by atoms with Crippen LogP contribution in [0.1, 0.15) is 0 Å². The van der Waals surface area contributed by atoms with E-state index in [0.29, 0.717) is 13.2 Å². The van der Waals surface area contributed by atoms with Crippen molar-refractivity contribution in [3.8, 4) is 5.69 Å². The Kier molecular flexibility index (Phi) is 4.10. The Bertz CT molecular complexity index is 818. The number of hydrogen-bond acceptors (Lipinski definition) is 6. The Morgan fingerprint density at radius 2 is 2.08 bits per heavy atom. The zero-order chi connectivity index (χ0) is 16.4. The van der Waals surface area contributed by atoms with Gasteiger partial charge >= 0.3 is 0 Å². The van der Waals surface area contributed by atoms with Gasteiger partial charge in [-0.05, 0) is 12.1 Å². The Balaban J connectivity index is 1.71. The molecule has 24 heavy (non-hydrogen) atoms. The maximum Gasteiger partial charge on any atom is 0.170 e. The monoisotopic (exact) mass is 325 g/mol. The zero-order valence-corrected chi connectivity index (χ0v) is 13.5. The quantitative estimate of drug-likeness (QED) is 0.727. The van der Waals surface area contributed by atoms with Gasteiger partial charge in [-0.1, -0.05) is 18.2 Å². The summed E-state index contributed by atoms with van der Waals surface area (Å²) in [6.45, 7) is 2.74. The fourth-order valence-corrected chi connectivity index (χ4v) is 3.03. The van der Waals surface area contributed by atoms with Crippen LogP contribution in [0.2, 0.25) is 0 Å². The Hall–Kier alpha value is -2.51. The van der Waals surface area contributed by atoms with Crippen molar-refractivity contribution in [3.05, 3.63) is 43.0 Å². The Labute approximate surface area is 139 Å². The molecule has 7 nitrogen and oxygen atoms in total. The summed E-state index contributed by atoms with van der Waals surface area (Å²) in [5, 5.41) is 0. The molecule has 0 unspecified atom stereocenters. The van der Waals surface area contributed by atoms with Crippen LogP contribution in [0, 0.1) is 0 Å². The largest absolute Gasteiger partial charge is 0.382 e. The number of imidazole rings is 1. The molecule has 124 valence electrons. The third kappa shape index (κ3) is 2.72. The predicted octanol–water partition coefficient (Wildman–Crippen LogP) is 1.67. The molecule has 7 heteroatoms. The van der Waals surface area contributed by atoms with E-state index in [1.165, 1.54) is 0 Å². The number of aromatic nitrogens is 4. The second kappa shape index (κ2) is 6.54. The molecule has 2 aromatic heterocycles. The van der Waals surface area contributed by atoms with Crippen molar-refractivity contribution in [3.63, 3.8) is 0 Å². The molecule has 0 radical (unpaired) electrons. The molecule has 1 aliphatic rings. The summed E-state index contributed by atoms with van der Waals surface area (Å²) in [7, 11) is 1.69. The van der Waals surface area contributed by atoms with Crippen LogP contribution < -0.4 is 4.90 Å². The van der Waals surface area contributed by atoms with E-state index in [0.717, 1.165) is 35.8 Å². The molecule has 1 fully saturated rings. The van der Waals surface area contributed by atoms with E-state index in [4.69, 9.17) is 9.47 Å². The fourth-order valence-electron chi connectivity index (χ4n) is 3.03. The molecular formula is C17H19N5O2. The molecular weight excluding hydrogens is 306 g/mol. The molecule has 0 bridgehead atoms. The standard InChI is InChI=1S/C17H19N5O2/c1-23-10-14-9-21(7-8-24-14)16-15-17(19-11-18-16)22(12-20-15)13-5-3-2-4-6-13/h2-6,11-12,14H,7-10H2,1H3/t14-/m0/s1. The molecule has 1 aromatic carbocycles. The molecule has 3 aromatic rings. The van der Waals surface area contributed by atoms with Gasteiger partial charge in [0.15, 0.2) is 17.0 Å². The van der Waals surface area contributed by atoms with Crippen LogP contribution in [-0.4, -0.2) is 59.0 Å². The number of morpholine rings is 1. The molecule has 1 saturated heterocycles. The van der Waals surface area contributed by atoms with Gasteiger partial charge in [0.1, 0.15) is 12.7 Å².